The molecule has 1 rings (SSSR count). The van der Waals surface area contributed by atoms with Crippen LogP contribution in [0.1, 0.15) is 32.2 Å². The molecule has 0 radical (unpaired) electrons. The molecule has 92 valence electrons. The fraction of sp³-hybridized carbons (Fsp3) is 0.750. The maximum atomic E-state index is 6.00. The van der Waals surface area contributed by atoms with E-state index in [9.17, 15) is 0 Å². The average molecular weight is 225 g/mol. The molecule has 0 aliphatic rings. The molecule has 0 saturated carbocycles. The molecule has 1 aromatic heterocycles. The van der Waals surface area contributed by atoms with E-state index in [1.165, 1.54) is 5.69 Å². The molecule has 0 aromatic carbocycles. The van der Waals surface area contributed by atoms with Gasteiger partial charge in [0.1, 0.15) is 0 Å². The Morgan fingerprint density at radius 3 is 2.75 bits per heavy atom. The van der Waals surface area contributed by atoms with E-state index in [0.29, 0.717) is 6.61 Å². The number of hydrogen-bond donors (Lipinski definition) is 1. The summed E-state index contributed by atoms with van der Waals surface area (Å²) < 4.78 is 7.35. The van der Waals surface area contributed by atoms with Crippen LogP contribution in [-0.2, 0) is 24.1 Å². The Balaban J connectivity index is 2.60. The Labute approximate surface area is 97.8 Å². The van der Waals surface area contributed by atoms with Gasteiger partial charge >= 0.3 is 0 Å². The Morgan fingerprint density at radius 1 is 1.44 bits per heavy atom. The Hall–Kier alpha value is -0.870. The van der Waals surface area contributed by atoms with Crippen molar-refractivity contribution in [2.24, 2.45) is 5.73 Å². The molecule has 0 bridgehead atoms. The van der Waals surface area contributed by atoms with E-state index < -0.39 is 0 Å². The molecule has 2 N–H and O–H groups in total. The third-order valence-electron chi connectivity index (χ3n) is 2.58. The second kappa shape index (κ2) is 6.66. The van der Waals surface area contributed by atoms with Crippen LogP contribution >= 0.6 is 0 Å². The molecule has 1 aromatic rings. The van der Waals surface area contributed by atoms with E-state index in [4.69, 9.17) is 10.5 Å². The molecule has 1 atom stereocenters. The van der Waals surface area contributed by atoms with Gasteiger partial charge < -0.3 is 10.5 Å². The quantitative estimate of drug-likeness (QED) is 0.762. The lowest BCUT2D eigenvalue weighted by Gasteiger charge is -2.12. The van der Waals surface area contributed by atoms with Crippen LogP contribution in [0.25, 0.3) is 0 Å². The summed E-state index contributed by atoms with van der Waals surface area (Å²) in [5, 5.41) is 4.50. The highest BCUT2D eigenvalue weighted by Crippen LogP contribution is 2.08. The van der Waals surface area contributed by atoms with Crippen LogP contribution in [0.5, 0.6) is 0 Å². The van der Waals surface area contributed by atoms with E-state index in [-0.39, 0.29) is 6.04 Å². The molecular weight excluding hydrogens is 202 g/mol. The Morgan fingerprint density at radius 2 is 2.19 bits per heavy atom. The van der Waals surface area contributed by atoms with Crippen LogP contribution in [0.15, 0.2) is 6.07 Å². The van der Waals surface area contributed by atoms with Gasteiger partial charge in [0.05, 0.1) is 12.3 Å². The van der Waals surface area contributed by atoms with Crippen molar-refractivity contribution in [3.05, 3.63) is 17.5 Å². The van der Waals surface area contributed by atoms with Gasteiger partial charge in [0, 0.05) is 31.3 Å². The molecule has 4 heteroatoms. The van der Waals surface area contributed by atoms with E-state index in [1.54, 1.807) is 0 Å². The average Bonchev–Trinajstić information content (AvgIpc) is 2.68. The van der Waals surface area contributed by atoms with Crippen molar-refractivity contribution in [1.29, 1.82) is 0 Å². The van der Waals surface area contributed by atoms with Crippen LogP contribution in [-0.4, -0.2) is 29.0 Å². The van der Waals surface area contributed by atoms with Gasteiger partial charge in [0.15, 0.2) is 0 Å². The zero-order valence-electron chi connectivity index (χ0n) is 10.6. The summed E-state index contributed by atoms with van der Waals surface area (Å²) in [4.78, 5) is 0. The molecule has 1 heterocycles. The van der Waals surface area contributed by atoms with Crippen LogP contribution in [0.4, 0.5) is 0 Å². The Bertz CT molecular complexity index is 309. The minimum Gasteiger partial charge on any atom is -0.380 e. The highest BCUT2D eigenvalue weighted by Gasteiger charge is 2.10. The van der Waals surface area contributed by atoms with E-state index in [1.807, 2.05) is 11.6 Å². The smallest absolute Gasteiger partial charge is 0.0624 e. The second-order valence-electron chi connectivity index (χ2n) is 3.92. The van der Waals surface area contributed by atoms with Crippen molar-refractivity contribution < 1.29 is 4.74 Å². The number of ether oxygens (including phenoxy) is 1. The number of rotatable bonds is 7. The zero-order valence-corrected chi connectivity index (χ0v) is 10.6. The number of nitrogens with zero attached hydrogens (tertiary/aromatic N) is 2. The number of nitrogens with two attached hydrogens (primary N) is 1. The maximum Gasteiger partial charge on any atom is 0.0624 e. The highest BCUT2D eigenvalue weighted by molar-refractivity contribution is 5.11. The summed E-state index contributed by atoms with van der Waals surface area (Å²) in [6.07, 6.45) is 1.81. The maximum absolute atomic E-state index is 6.00. The van der Waals surface area contributed by atoms with Crippen LogP contribution in [0, 0.1) is 0 Å². The molecular formula is C12H23N3O. The van der Waals surface area contributed by atoms with Gasteiger partial charge in [-0.05, 0) is 26.3 Å². The summed E-state index contributed by atoms with van der Waals surface area (Å²) in [6.45, 7) is 8.44. The normalized spacial score (nSPS) is 13.0. The highest BCUT2D eigenvalue weighted by atomic mass is 16.5. The minimum absolute atomic E-state index is 0.0617. The van der Waals surface area contributed by atoms with Crippen molar-refractivity contribution in [3.63, 3.8) is 0 Å². The fourth-order valence-electron chi connectivity index (χ4n) is 1.72. The van der Waals surface area contributed by atoms with Crippen molar-refractivity contribution >= 4 is 0 Å². The van der Waals surface area contributed by atoms with Gasteiger partial charge in [-0.2, -0.15) is 5.10 Å². The zero-order chi connectivity index (χ0) is 12.0. The van der Waals surface area contributed by atoms with Crippen molar-refractivity contribution in [2.75, 3.05) is 13.2 Å². The largest absolute Gasteiger partial charge is 0.380 e. The van der Waals surface area contributed by atoms with Gasteiger partial charge in [-0.25, -0.2) is 0 Å². The number of hydrogen-bond acceptors (Lipinski definition) is 3. The minimum atomic E-state index is 0.0617. The monoisotopic (exact) mass is 225 g/mol. The lowest BCUT2D eigenvalue weighted by molar-refractivity contribution is 0.132. The summed E-state index contributed by atoms with van der Waals surface area (Å²) in [7, 11) is 0. The van der Waals surface area contributed by atoms with Crippen molar-refractivity contribution in [2.45, 2.75) is 46.2 Å². The van der Waals surface area contributed by atoms with E-state index in [0.717, 1.165) is 31.7 Å². The first kappa shape index (κ1) is 13.2. The van der Waals surface area contributed by atoms with Gasteiger partial charge in [-0.15, -0.1) is 0 Å². The third kappa shape index (κ3) is 3.61. The summed E-state index contributed by atoms with van der Waals surface area (Å²) in [6, 6.07) is 2.21. The van der Waals surface area contributed by atoms with Crippen LogP contribution in [0.2, 0.25) is 0 Å². The van der Waals surface area contributed by atoms with Crippen LogP contribution < -0.4 is 5.73 Å². The van der Waals surface area contributed by atoms with E-state index >= 15 is 0 Å². The molecule has 0 amide bonds. The number of aromatic nitrogens is 2. The fourth-order valence-corrected chi connectivity index (χ4v) is 1.72. The predicted octanol–water partition coefficient (Wildman–Crippen LogP) is 1.37. The van der Waals surface area contributed by atoms with Gasteiger partial charge in [-0.3, -0.25) is 4.68 Å². The van der Waals surface area contributed by atoms with Crippen LogP contribution in [0.3, 0.4) is 0 Å². The standard InChI is InChI=1S/C12H23N3O/c1-4-11-8-12(15(5-2)14-11)7-10(13)9-16-6-3/h8,10H,4-7,9,13H2,1-3H3. The molecule has 0 aliphatic heterocycles. The second-order valence-corrected chi connectivity index (χ2v) is 3.92. The first-order valence-electron chi connectivity index (χ1n) is 6.10. The van der Waals surface area contributed by atoms with Gasteiger partial charge in [0.2, 0.25) is 0 Å². The summed E-state index contributed by atoms with van der Waals surface area (Å²) in [5.41, 5.74) is 8.35. The first-order valence-corrected chi connectivity index (χ1v) is 6.10. The molecule has 4 nitrogen and oxygen atoms in total. The topological polar surface area (TPSA) is 53.1 Å². The van der Waals surface area contributed by atoms with Crippen molar-refractivity contribution in [1.82, 2.24) is 9.78 Å². The molecule has 0 fully saturated rings. The molecule has 0 spiro atoms. The Kier molecular flexibility index (Phi) is 5.49. The molecule has 0 aliphatic carbocycles. The van der Waals surface area contributed by atoms with E-state index in [2.05, 4.69) is 25.0 Å². The van der Waals surface area contributed by atoms with Gasteiger partial charge in [0.25, 0.3) is 0 Å². The van der Waals surface area contributed by atoms with Gasteiger partial charge in [-0.1, -0.05) is 6.92 Å². The lowest BCUT2D eigenvalue weighted by atomic mass is 10.1. The first-order chi connectivity index (χ1) is 7.71. The summed E-state index contributed by atoms with van der Waals surface area (Å²) in [5.74, 6) is 0. The molecule has 16 heavy (non-hydrogen) atoms. The molecule has 1 unspecified atom stereocenters. The van der Waals surface area contributed by atoms with Crippen molar-refractivity contribution in [3.8, 4) is 0 Å². The third-order valence-corrected chi connectivity index (χ3v) is 2.58. The summed E-state index contributed by atoms with van der Waals surface area (Å²) >= 11 is 0. The molecule has 0 saturated heterocycles. The predicted molar refractivity (Wildman–Crippen MR) is 65.5 cm³/mol. The lowest BCUT2D eigenvalue weighted by Crippen LogP contribution is -2.29. The number of aryl methyl sites for hydroxylation is 2. The SMILES string of the molecule is CCOCC(N)Cc1cc(CC)nn1CC.